The first kappa shape index (κ1) is 15.0. The SMILES string of the molecule is Cc1ccn2c(Nc3c(C)cccc3C)c(-c3cccs3)nc2c1. The van der Waals surface area contributed by atoms with Crippen LogP contribution in [0.4, 0.5) is 11.5 Å². The predicted molar refractivity (Wildman–Crippen MR) is 102 cm³/mol. The van der Waals surface area contributed by atoms with Crippen LogP contribution in [0.2, 0.25) is 0 Å². The highest BCUT2D eigenvalue weighted by atomic mass is 32.1. The van der Waals surface area contributed by atoms with E-state index in [0.717, 1.165) is 22.8 Å². The van der Waals surface area contributed by atoms with Crippen LogP contribution in [0.25, 0.3) is 16.2 Å². The van der Waals surface area contributed by atoms with Crippen LogP contribution in [0.3, 0.4) is 0 Å². The third-order valence-corrected chi connectivity index (χ3v) is 5.14. The van der Waals surface area contributed by atoms with Gasteiger partial charge >= 0.3 is 0 Å². The van der Waals surface area contributed by atoms with Crippen LogP contribution in [-0.4, -0.2) is 9.38 Å². The summed E-state index contributed by atoms with van der Waals surface area (Å²) in [6.45, 7) is 6.36. The topological polar surface area (TPSA) is 29.3 Å². The number of rotatable bonds is 3. The van der Waals surface area contributed by atoms with Crippen LogP contribution in [0.1, 0.15) is 16.7 Å². The van der Waals surface area contributed by atoms with Gasteiger partial charge in [-0.2, -0.15) is 0 Å². The molecule has 0 saturated heterocycles. The zero-order valence-corrected chi connectivity index (χ0v) is 14.8. The van der Waals surface area contributed by atoms with Crippen molar-refractivity contribution >= 4 is 28.5 Å². The lowest BCUT2D eigenvalue weighted by Gasteiger charge is -2.13. The van der Waals surface area contributed by atoms with E-state index < -0.39 is 0 Å². The van der Waals surface area contributed by atoms with E-state index in [1.165, 1.54) is 21.6 Å². The fourth-order valence-electron chi connectivity index (χ4n) is 2.98. The molecule has 0 spiro atoms. The van der Waals surface area contributed by atoms with Crippen molar-refractivity contribution in [2.24, 2.45) is 0 Å². The van der Waals surface area contributed by atoms with Gasteiger partial charge in [-0.1, -0.05) is 24.3 Å². The van der Waals surface area contributed by atoms with Crippen molar-refractivity contribution < 1.29 is 0 Å². The summed E-state index contributed by atoms with van der Waals surface area (Å²) in [6, 6.07) is 14.8. The number of benzene rings is 1. The molecule has 120 valence electrons. The van der Waals surface area contributed by atoms with Gasteiger partial charge < -0.3 is 5.32 Å². The van der Waals surface area contributed by atoms with E-state index in [9.17, 15) is 0 Å². The lowest BCUT2D eigenvalue weighted by molar-refractivity contribution is 1.16. The molecule has 0 radical (unpaired) electrons. The van der Waals surface area contributed by atoms with Gasteiger partial charge in [-0.3, -0.25) is 4.40 Å². The number of aryl methyl sites for hydroxylation is 3. The maximum absolute atomic E-state index is 4.88. The molecule has 0 atom stereocenters. The number of aromatic nitrogens is 2. The molecule has 0 aliphatic heterocycles. The molecule has 24 heavy (non-hydrogen) atoms. The van der Waals surface area contributed by atoms with Gasteiger partial charge in [-0.15, -0.1) is 11.3 Å². The summed E-state index contributed by atoms with van der Waals surface area (Å²) in [5.74, 6) is 1.02. The van der Waals surface area contributed by atoms with Gasteiger partial charge in [-0.05, 0) is 61.0 Å². The number of pyridine rings is 1. The minimum atomic E-state index is 0.965. The molecule has 3 heterocycles. The van der Waals surface area contributed by atoms with Crippen LogP contribution in [0.5, 0.6) is 0 Å². The van der Waals surface area contributed by atoms with E-state index in [4.69, 9.17) is 4.98 Å². The number of thiophene rings is 1. The Kier molecular flexibility index (Phi) is 3.62. The molecule has 0 saturated carbocycles. The maximum Gasteiger partial charge on any atom is 0.144 e. The molecule has 1 N–H and O–H groups in total. The highest BCUT2D eigenvalue weighted by Gasteiger charge is 2.16. The molecular weight excluding hydrogens is 314 g/mol. The number of hydrogen-bond acceptors (Lipinski definition) is 3. The zero-order valence-electron chi connectivity index (χ0n) is 14.0. The normalized spacial score (nSPS) is 11.1. The van der Waals surface area contributed by atoms with Crippen molar-refractivity contribution in [1.82, 2.24) is 9.38 Å². The van der Waals surface area contributed by atoms with Crippen LogP contribution >= 0.6 is 11.3 Å². The van der Waals surface area contributed by atoms with Gasteiger partial charge in [0.25, 0.3) is 0 Å². The van der Waals surface area contributed by atoms with Crippen LogP contribution < -0.4 is 5.32 Å². The Labute approximate surface area is 145 Å². The first-order valence-electron chi connectivity index (χ1n) is 7.99. The van der Waals surface area contributed by atoms with Crippen molar-refractivity contribution in [2.45, 2.75) is 20.8 Å². The van der Waals surface area contributed by atoms with E-state index in [1.807, 2.05) is 0 Å². The number of hydrogen-bond donors (Lipinski definition) is 1. The van der Waals surface area contributed by atoms with Crippen molar-refractivity contribution in [2.75, 3.05) is 5.32 Å². The fourth-order valence-corrected chi connectivity index (χ4v) is 3.70. The highest BCUT2D eigenvalue weighted by Crippen LogP contribution is 2.35. The quantitative estimate of drug-likeness (QED) is 0.518. The number of nitrogens with zero attached hydrogens (tertiary/aromatic N) is 2. The molecule has 0 aliphatic carbocycles. The number of para-hydroxylation sites is 1. The van der Waals surface area contributed by atoms with Crippen molar-refractivity contribution in [3.8, 4) is 10.6 Å². The molecule has 4 aromatic rings. The molecule has 0 bridgehead atoms. The lowest BCUT2D eigenvalue weighted by Crippen LogP contribution is -2.00. The molecule has 0 amide bonds. The number of nitrogens with one attached hydrogen (secondary N) is 1. The van der Waals surface area contributed by atoms with Gasteiger partial charge in [0, 0.05) is 11.9 Å². The number of fused-ring (bicyclic) bond motifs is 1. The summed E-state index contributed by atoms with van der Waals surface area (Å²) in [5.41, 5.74) is 6.79. The predicted octanol–water partition coefficient (Wildman–Crippen LogP) is 5.73. The largest absolute Gasteiger partial charge is 0.339 e. The molecule has 0 aliphatic rings. The van der Waals surface area contributed by atoms with Gasteiger partial charge in [-0.25, -0.2) is 4.98 Å². The first-order chi connectivity index (χ1) is 11.6. The molecule has 0 unspecified atom stereocenters. The summed E-state index contributed by atoms with van der Waals surface area (Å²) >= 11 is 1.71. The third kappa shape index (κ3) is 2.49. The molecule has 3 aromatic heterocycles. The maximum atomic E-state index is 4.88. The van der Waals surface area contributed by atoms with Gasteiger partial charge in [0.2, 0.25) is 0 Å². The Balaban J connectivity index is 1.94. The summed E-state index contributed by atoms with van der Waals surface area (Å²) < 4.78 is 2.13. The number of imidazole rings is 1. The average molecular weight is 333 g/mol. The zero-order chi connectivity index (χ0) is 16.7. The summed E-state index contributed by atoms with van der Waals surface area (Å²) in [7, 11) is 0. The Morgan fingerprint density at radius 3 is 2.50 bits per heavy atom. The van der Waals surface area contributed by atoms with E-state index >= 15 is 0 Å². The van der Waals surface area contributed by atoms with E-state index in [1.54, 1.807) is 11.3 Å². The Hall–Kier alpha value is -2.59. The second-order valence-electron chi connectivity index (χ2n) is 6.11. The summed E-state index contributed by atoms with van der Waals surface area (Å²) in [6.07, 6.45) is 2.09. The van der Waals surface area contributed by atoms with Gasteiger partial charge in [0.15, 0.2) is 0 Å². The standard InChI is InChI=1S/C20H19N3S/c1-13-9-10-23-17(12-13)21-19(16-8-5-11-24-16)20(23)22-18-14(2)6-4-7-15(18)3/h4-12,22H,1-3H3. The van der Waals surface area contributed by atoms with E-state index in [0.29, 0.717) is 0 Å². The number of anilines is 2. The van der Waals surface area contributed by atoms with E-state index in [2.05, 4.69) is 84.5 Å². The monoisotopic (exact) mass is 333 g/mol. The Bertz CT molecular complexity index is 993. The average Bonchev–Trinajstić information content (AvgIpc) is 3.18. The van der Waals surface area contributed by atoms with Gasteiger partial charge in [0.1, 0.15) is 17.2 Å². The van der Waals surface area contributed by atoms with Crippen LogP contribution in [0, 0.1) is 20.8 Å². The first-order valence-corrected chi connectivity index (χ1v) is 8.87. The van der Waals surface area contributed by atoms with Crippen molar-refractivity contribution in [3.63, 3.8) is 0 Å². The highest BCUT2D eigenvalue weighted by molar-refractivity contribution is 7.13. The second kappa shape index (κ2) is 5.80. The molecule has 3 nitrogen and oxygen atoms in total. The minimum absolute atomic E-state index is 0.965. The van der Waals surface area contributed by atoms with Gasteiger partial charge in [0.05, 0.1) is 4.88 Å². The van der Waals surface area contributed by atoms with Crippen molar-refractivity contribution in [1.29, 1.82) is 0 Å². The van der Waals surface area contributed by atoms with Crippen LogP contribution in [0.15, 0.2) is 54.0 Å². The Morgan fingerprint density at radius 1 is 1.00 bits per heavy atom. The molecule has 4 rings (SSSR count). The van der Waals surface area contributed by atoms with E-state index in [-0.39, 0.29) is 0 Å². The third-order valence-electron chi connectivity index (χ3n) is 4.26. The molecule has 0 fully saturated rings. The minimum Gasteiger partial charge on any atom is -0.339 e. The fraction of sp³-hybridized carbons (Fsp3) is 0.150. The smallest absolute Gasteiger partial charge is 0.144 e. The summed E-state index contributed by atoms with van der Waals surface area (Å²) in [5, 5.41) is 5.74. The van der Waals surface area contributed by atoms with Crippen molar-refractivity contribution in [3.05, 3.63) is 70.7 Å². The molecular formula is C20H19N3S. The van der Waals surface area contributed by atoms with Crippen LogP contribution in [-0.2, 0) is 0 Å². The molecule has 1 aromatic carbocycles. The molecule has 4 heteroatoms. The lowest BCUT2D eigenvalue weighted by atomic mass is 10.1. The Morgan fingerprint density at radius 2 is 1.79 bits per heavy atom. The second-order valence-corrected chi connectivity index (χ2v) is 7.06. The summed E-state index contributed by atoms with van der Waals surface area (Å²) in [4.78, 5) is 6.05.